The van der Waals surface area contributed by atoms with Crippen molar-refractivity contribution in [2.45, 2.75) is 31.7 Å². The van der Waals surface area contributed by atoms with Crippen molar-refractivity contribution >= 4 is 17.5 Å². The van der Waals surface area contributed by atoms with Gasteiger partial charge in [0.05, 0.1) is 25.7 Å². The molecule has 2 aromatic rings. The molecule has 1 heterocycles. The summed E-state index contributed by atoms with van der Waals surface area (Å²) in [6.07, 6.45) is 4.16. The van der Waals surface area contributed by atoms with E-state index in [1.54, 1.807) is 24.1 Å². The highest BCUT2D eigenvalue weighted by atomic mass is 35.5. The summed E-state index contributed by atoms with van der Waals surface area (Å²) >= 11 is 6.01. The number of likely N-dealkylation sites (tertiary alicyclic amines) is 1. The molecule has 0 aliphatic carbocycles. The molecule has 5 heteroatoms. The highest BCUT2D eigenvalue weighted by Crippen LogP contribution is 2.16. The maximum atomic E-state index is 13.3. The van der Waals surface area contributed by atoms with E-state index in [-0.39, 0.29) is 11.9 Å². The van der Waals surface area contributed by atoms with E-state index in [2.05, 4.69) is 35.2 Å². The minimum Gasteiger partial charge on any atom is -0.385 e. The van der Waals surface area contributed by atoms with Gasteiger partial charge in [0, 0.05) is 37.3 Å². The molecule has 0 spiro atoms. The Morgan fingerprint density at radius 3 is 2.66 bits per heavy atom. The summed E-state index contributed by atoms with van der Waals surface area (Å²) in [5, 5.41) is 0.654. The first-order chi connectivity index (χ1) is 14.2. The Morgan fingerprint density at radius 1 is 1.17 bits per heavy atom. The van der Waals surface area contributed by atoms with Crippen LogP contribution in [0.4, 0.5) is 0 Å². The quantitative estimate of drug-likeness (QED) is 0.638. The summed E-state index contributed by atoms with van der Waals surface area (Å²) in [7, 11) is 1.71. The van der Waals surface area contributed by atoms with Crippen molar-refractivity contribution in [3.8, 4) is 0 Å². The second-order valence-electron chi connectivity index (χ2n) is 7.84. The number of piperidine rings is 1. The van der Waals surface area contributed by atoms with Gasteiger partial charge in [-0.2, -0.15) is 0 Å². The van der Waals surface area contributed by atoms with E-state index in [0.29, 0.717) is 17.2 Å². The van der Waals surface area contributed by atoms with Gasteiger partial charge in [-0.15, -0.1) is 0 Å². The number of nitrogens with one attached hydrogen (secondary N) is 1. The lowest BCUT2D eigenvalue weighted by molar-refractivity contribution is -0.906. The lowest BCUT2D eigenvalue weighted by Crippen LogP contribution is -3.14. The molecule has 1 aliphatic rings. The number of hydrogen-bond acceptors (Lipinski definition) is 2. The molecule has 2 atom stereocenters. The van der Waals surface area contributed by atoms with Crippen molar-refractivity contribution in [2.24, 2.45) is 0 Å². The number of quaternary nitrogens is 1. The first-order valence-corrected chi connectivity index (χ1v) is 11.0. The average molecular weight is 416 g/mol. The van der Waals surface area contributed by atoms with Gasteiger partial charge >= 0.3 is 0 Å². The van der Waals surface area contributed by atoms with Crippen molar-refractivity contribution in [3.63, 3.8) is 0 Å². The highest BCUT2D eigenvalue weighted by Gasteiger charge is 2.31. The molecular weight excluding hydrogens is 384 g/mol. The Hall–Kier alpha value is -1.88. The monoisotopic (exact) mass is 415 g/mol. The second kappa shape index (κ2) is 11.3. The van der Waals surface area contributed by atoms with Gasteiger partial charge in [-0.25, -0.2) is 0 Å². The summed E-state index contributed by atoms with van der Waals surface area (Å²) in [6, 6.07) is 18.2. The number of halogens is 1. The van der Waals surface area contributed by atoms with Crippen LogP contribution in [0, 0.1) is 0 Å². The van der Waals surface area contributed by atoms with Crippen molar-refractivity contribution in [1.82, 2.24) is 4.90 Å². The van der Waals surface area contributed by atoms with Crippen LogP contribution in [0.2, 0.25) is 5.02 Å². The molecule has 0 radical (unpaired) electrons. The zero-order valence-corrected chi connectivity index (χ0v) is 18.0. The number of benzene rings is 2. The van der Waals surface area contributed by atoms with Crippen LogP contribution in [0.1, 0.15) is 35.2 Å². The van der Waals surface area contributed by atoms with E-state index in [1.807, 2.05) is 12.1 Å². The molecule has 0 saturated carbocycles. The van der Waals surface area contributed by atoms with Gasteiger partial charge in [-0.1, -0.05) is 41.9 Å². The standard InChI is InChI=1S/C24H31ClN2O2/c1-29-18-6-16-27(24(28)21-10-12-22(25)13-11-21)23-9-5-15-26(19-23)17-14-20-7-3-2-4-8-20/h2-4,7-8,10-13,23H,5-6,9,14-19H2,1H3/p+1/t23-/m0/s1. The van der Waals surface area contributed by atoms with E-state index in [9.17, 15) is 4.79 Å². The number of methoxy groups -OCH3 is 1. The zero-order valence-electron chi connectivity index (χ0n) is 17.3. The number of carbonyl (C=O) groups is 1. The van der Waals surface area contributed by atoms with Crippen molar-refractivity contribution in [1.29, 1.82) is 0 Å². The number of nitrogens with zero attached hydrogens (tertiary/aromatic N) is 1. The average Bonchev–Trinajstić information content (AvgIpc) is 2.76. The van der Waals surface area contributed by atoms with Gasteiger partial charge in [-0.05, 0) is 49.1 Å². The van der Waals surface area contributed by atoms with Crippen LogP contribution < -0.4 is 4.90 Å². The molecule has 1 saturated heterocycles. The van der Waals surface area contributed by atoms with Gasteiger partial charge in [0.15, 0.2) is 0 Å². The maximum absolute atomic E-state index is 13.3. The Bertz CT molecular complexity index is 751. The Labute approximate surface area is 179 Å². The predicted octanol–water partition coefficient (Wildman–Crippen LogP) is 3.11. The minimum atomic E-state index is 0.104. The predicted molar refractivity (Wildman–Crippen MR) is 118 cm³/mol. The van der Waals surface area contributed by atoms with Crippen LogP contribution in [0.5, 0.6) is 0 Å². The molecule has 1 aliphatic heterocycles. The fourth-order valence-electron chi connectivity index (χ4n) is 4.17. The van der Waals surface area contributed by atoms with Gasteiger partial charge in [0.2, 0.25) is 0 Å². The molecule has 1 unspecified atom stereocenters. The fraction of sp³-hybridized carbons (Fsp3) is 0.458. The third kappa shape index (κ3) is 6.56. The van der Waals surface area contributed by atoms with Crippen molar-refractivity contribution < 1.29 is 14.4 Å². The minimum absolute atomic E-state index is 0.104. The SMILES string of the molecule is COCCCN(C(=O)c1ccc(Cl)cc1)[C@H]1CCC[NH+](CCc2ccccc2)C1. The first kappa shape index (κ1) is 21.8. The molecule has 0 aromatic heterocycles. The fourth-order valence-corrected chi connectivity index (χ4v) is 4.30. The smallest absolute Gasteiger partial charge is 0.254 e. The lowest BCUT2D eigenvalue weighted by atomic mass is 10.0. The summed E-state index contributed by atoms with van der Waals surface area (Å²) in [4.78, 5) is 16.9. The Morgan fingerprint density at radius 2 is 1.93 bits per heavy atom. The first-order valence-electron chi connectivity index (χ1n) is 10.6. The van der Waals surface area contributed by atoms with Crippen LogP contribution in [-0.4, -0.2) is 56.7 Å². The summed E-state index contributed by atoms with van der Waals surface area (Å²) in [5.41, 5.74) is 2.10. The van der Waals surface area contributed by atoms with E-state index < -0.39 is 0 Å². The highest BCUT2D eigenvalue weighted by molar-refractivity contribution is 6.30. The van der Waals surface area contributed by atoms with Crippen LogP contribution in [0.25, 0.3) is 0 Å². The number of hydrogen-bond donors (Lipinski definition) is 1. The van der Waals surface area contributed by atoms with Crippen LogP contribution in [0.3, 0.4) is 0 Å². The topological polar surface area (TPSA) is 34.0 Å². The largest absolute Gasteiger partial charge is 0.385 e. The third-order valence-electron chi connectivity index (χ3n) is 5.74. The van der Waals surface area contributed by atoms with Gasteiger partial charge in [0.1, 0.15) is 0 Å². The molecule has 29 heavy (non-hydrogen) atoms. The second-order valence-corrected chi connectivity index (χ2v) is 8.27. The van der Waals surface area contributed by atoms with Crippen LogP contribution in [-0.2, 0) is 11.2 Å². The van der Waals surface area contributed by atoms with E-state index in [0.717, 1.165) is 45.3 Å². The van der Waals surface area contributed by atoms with Gasteiger partial charge < -0.3 is 14.5 Å². The van der Waals surface area contributed by atoms with Gasteiger partial charge in [0.25, 0.3) is 5.91 Å². The number of amides is 1. The molecule has 1 N–H and O–H groups in total. The number of carbonyl (C=O) groups excluding carboxylic acids is 1. The summed E-state index contributed by atoms with van der Waals surface area (Å²) in [6.45, 7) is 4.71. The molecular formula is C24H32ClN2O2+. The molecule has 1 amide bonds. The molecule has 0 bridgehead atoms. The Balaban J connectivity index is 1.65. The van der Waals surface area contributed by atoms with E-state index >= 15 is 0 Å². The van der Waals surface area contributed by atoms with E-state index in [4.69, 9.17) is 16.3 Å². The summed E-state index contributed by atoms with van der Waals surface area (Å²) in [5.74, 6) is 0.104. The van der Waals surface area contributed by atoms with Crippen molar-refractivity contribution in [2.75, 3.05) is 39.9 Å². The normalized spacial score (nSPS) is 19.1. The number of ether oxygens (including phenoxy) is 1. The number of rotatable bonds is 9. The van der Waals surface area contributed by atoms with Gasteiger partial charge in [-0.3, -0.25) is 4.79 Å². The Kier molecular flexibility index (Phi) is 8.53. The molecule has 4 nitrogen and oxygen atoms in total. The van der Waals surface area contributed by atoms with Crippen LogP contribution in [0.15, 0.2) is 54.6 Å². The third-order valence-corrected chi connectivity index (χ3v) is 5.99. The molecule has 2 aromatic carbocycles. The lowest BCUT2D eigenvalue weighted by Gasteiger charge is -2.37. The molecule has 3 rings (SSSR count). The molecule has 156 valence electrons. The van der Waals surface area contributed by atoms with Crippen LogP contribution >= 0.6 is 11.6 Å². The van der Waals surface area contributed by atoms with E-state index in [1.165, 1.54) is 12.1 Å². The summed E-state index contributed by atoms with van der Waals surface area (Å²) < 4.78 is 5.23. The maximum Gasteiger partial charge on any atom is 0.254 e. The van der Waals surface area contributed by atoms with Crippen molar-refractivity contribution in [3.05, 3.63) is 70.7 Å². The zero-order chi connectivity index (χ0) is 20.5. The molecule has 1 fully saturated rings.